The Morgan fingerprint density at radius 2 is 1.85 bits per heavy atom. The molecule has 0 amide bonds. The van der Waals surface area contributed by atoms with Crippen LogP contribution in [0.25, 0.3) is 0 Å². The summed E-state index contributed by atoms with van der Waals surface area (Å²) in [5.74, 6) is 0.166. The van der Waals surface area contributed by atoms with Gasteiger partial charge in [-0.25, -0.2) is 4.39 Å². The summed E-state index contributed by atoms with van der Waals surface area (Å²) in [5.41, 5.74) is 1.91. The summed E-state index contributed by atoms with van der Waals surface area (Å²) in [7, 11) is 1.81. The minimum atomic E-state index is -0.309. The Kier molecular flexibility index (Phi) is 5.53. The van der Waals surface area contributed by atoms with Crippen molar-refractivity contribution in [3.05, 3.63) is 65.5 Å². The second-order valence-electron chi connectivity index (χ2n) is 4.42. The fourth-order valence-corrected chi connectivity index (χ4v) is 1.85. The van der Waals surface area contributed by atoms with Crippen LogP contribution in [0.4, 0.5) is 4.39 Å². The Balaban J connectivity index is 1.81. The van der Waals surface area contributed by atoms with Gasteiger partial charge in [0.2, 0.25) is 0 Å². The first kappa shape index (κ1) is 14.5. The van der Waals surface area contributed by atoms with Crippen molar-refractivity contribution in [1.82, 2.24) is 5.32 Å². The number of halogens is 1. The molecular formula is C16H18FNO2. The van der Waals surface area contributed by atoms with Crippen molar-refractivity contribution in [3.63, 3.8) is 0 Å². The van der Waals surface area contributed by atoms with Gasteiger partial charge >= 0.3 is 0 Å². The van der Waals surface area contributed by atoms with E-state index >= 15 is 0 Å². The van der Waals surface area contributed by atoms with Crippen molar-refractivity contribution in [3.8, 4) is 5.75 Å². The van der Waals surface area contributed by atoms with Gasteiger partial charge in [-0.1, -0.05) is 30.3 Å². The Hall–Kier alpha value is -1.91. The predicted molar refractivity (Wildman–Crippen MR) is 75.9 cm³/mol. The molecule has 2 rings (SSSR count). The summed E-state index contributed by atoms with van der Waals surface area (Å²) in [5, 5.41) is 2.97. The summed E-state index contributed by atoms with van der Waals surface area (Å²) < 4.78 is 24.2. The molecule has 0 bridgehead atoms. The molecule has 3 nitrogen and oxygen atoms in total. The average molecular weight is 275 g/mol. The van der Waals surface area contributed by atoms with Crippen molar-refractivity contribution >= 4 is 0 Å². The molecule has 0 aliphatic rings. The smallest absolute Gasteiger partial charge is 0.189 e. The monoisotopic (exact) mass is 275 g/mol. The fraction of sp³-hybridized carbons (Fsp3) is 0.250. The number of hydrogen-bond donors (Lipinski definition) is 1. The van der Waals surface area contributed by atoms with Crippen LogP contribution in [0.3, 0.4) is 0 Å². The minimum absolute atomic E-state index is 0.0946. The number of ether oxygens (including phenoxy) is 2. The molecule has 0 saturated carbocycles. The highest BCUT2D eigenvalue weighted by Crippen LogP contribution is 2.16. The predicted octanol–water partition coefficient (Wildman–Crippen LogP) is 3.10. The van der Waals surface area contributed by atoms with Crippen LogP contribution >= 0.6 is 0 Å². The largest absolute Gasteiger partial charge is 0.467 e. The lowest BCUT2D eigenvalue weighted by molar-refractivity contribution is 0.00486. The third-order valence-corrected chi connectivity index (χ3v) is 2.73. The molecule has 0 atom stereocenters. The van der Waals surface area contributed by atoms with Crippen LogP contribution in [0.1, 0.15) is 11.1 Å². The third-order valence-electron chi connectivity index (χ3n) is 2.73. The van der Waals surface area contributed by atoms with Gasteiger partial charge in [-0.05, 0) is 30.3 Å². The molecule has 20 heavy (non-hydrogen) atoms. The summed E-state index contributed by atoms with van der Waals surface area (Å²) in [6.45, 7) is 1.16. The Bertz CT molecular complexity index is 531. The van der Waals surface area contributed by atoms with E-state index < -0.39 is 0 Å². The first-order valence-corrected chi connectivity index (χ1v) is 6.46. The van der Waals surface area contributed by atoms with Gasteiger partial charge in [-0.2, -0.15) is 0 Å². The molecule has 0 unspecified atom stereocenters. The highest BCUT2D eigenvalue weighted by Gasteiger charge is 2.01. The number of nitrogens with one attached hydrogen (secondary N) is 1. The maximum Gasteiger partial charge on any atom is 0.189 e. The molecule has 0 aliphatic heterocycles. The molecule has 0 spiro atoms. The zero-order valence-electron chi connectivity index (χ0n) is 11.4. The highest BCUT2D eigenvalue weighted by molar-refractivity contribution is 5.29. The second-order valence-corrected chi connectivity index (χ2v) is 4.42. The van der Waals surface area contributed by atoms with Crippen LogP contribution in [-0.4, -0.2) is 13.8 Å². The Morgan fingerprint density at radius 3 is 2.60 bits per heavy atom. The molecule has 0 saturated heterocycles. The van der Waals surface area contributed by atoms with Crippen molar-refractivity contribution in [2.24, 2.45) is 0 Å². The first-order chi connectivity index (χ1) is 9.78. The van der Waals surface area contributed by atoms with E-state index in [2.05, 4.69) is 5.32 Å². The van der Waals surface area contributed by atoms with E-state index in [9.17, 15) is 4.39 Å². The average Bonchev–Trinajstić information content (AvgIpc) is 2.45. The van der Waals surface area contributed by atoms with Gasteiger partial charge in [0.15, 0.2) is 6.79 Å². The lowest BCUT2D eigenvalue weighted by atomic mass is 10.2. The molecule has 2 aromatic carbocycles. The molecule has 4 heteroatoms. The summed E-state index contributed by atoms with van der Waals surface area (Å²) in [4.78, 5) is 0. The van der Waals surface area contributed by atoms with E-state index in [1.165, 1.54) is 12.1 Å². The standard InChI is InChI=1S/C16H18FNO2/c1-18-10-14-7-15(17)9-16(8-14)20-12-19-11-13-5-3-2-4-6-13/h2-9,18H,10-12H2,1H3. The number of benzene rings is 2. The second kappa shape index (κ2) is 7.62. The molecule has 0 heterocycles. The van der Waals surface area contributed by atoms with Crippen molar-refractivity contribution in [2.75, 3.05) is 13.8 Å². The van der Waals surface area contributed by atoms with Crippen molar-refractivity contribution < 1.29 is 13.9 Å². The molecule has 0 radical (unpaired) electrons. The van der Waals surface area contributed by atoms with E-state index in [-0.39, 0.29) is 12.6 Å². The van der Waals surface area contributed by atoms with Crippen molar-refractivity contribution in [2.45, 2.75) is 13.2 Å². The first-order valence-electron chi connectivity index (χ1n) is 6.46. The maximum absolute atomic E-state index is 13.4. The molecule has 0 aromatic heterocycles. The molecule has 106 valence electrons. The summed E-state index contributed by atoms with van der Waals surface area (Å²) in [6.07, 6.45) is 0. The quantitative estimate of drug-likeness (QED) is 0.622. The number of hydrogen-bond acceptors (Lipinski definition) is 3. The van der Waals surface area contributed by atoms with Gasteiger partial charge in [0, 0.05) is 12.6 Å². The summed E-state index contributed by atoms with van der Waals surface area (Å²) >= 11 is 0. The van der Waals surface area contributed by atoms with Crippen LogP contribution in [0.5, 0.6) is 5.75 Å². The maximum atomic E-state index is 13.4. The van der Waals surface area contributed by atoms with Crippen molar-refractivity contribution in [1.29, 1.82) is 0 Å². The molecule has 0 fully saturated rings. The Morgan fingerprint density at radius 1 is 1.05 bits per heavy atom. The Labute approximate surface area is 118 Å². The molecule has 2 aromatic rings. The van der Waals surface area contributed by atoms with Crippen LogP contribution in [0.2, 0.25) is 0 Å². The molecule has 1 N–H and O–H groups in total. The minimum Gasteiger partial charge on any atom is -0.467 e. The molecule has 0 aliphatic carbocycles. The van der Waals surface area contributed by atoms with E-state index in [1.807, 2.05) is 37.4 Å². The lowest BCUT2D eigenvalue weighted by Gasteiger charge is -2.09. The van der Waals surface area contributed by atoms with Crippen LogP contribution in [0.15, 0.2) is 48.5 Å². The van der Waals surface area contributed by atoms with E-state index in [4.69, 9.17) is 9.47 Å². The topological polar surface area (TPSA) is 30.5 Å². The van der Waals surface area contributed by atoms with Gasteiger partial charge < -0.3 is 14.8 Å². The number of rotatable bonds is 7. The third kappa shape index (κ3) is 4.64. The van der Waals surface area contributed by atoms with E-state index in [1.54, 1.807) is 6.07 Å². The van der Waals surface area contributed by atoms with Crippen LogP contribution in [-0.2, 0) is 17.9 Å². The van der Waals surface area contributed by atoms with E-state index in [0.717, 1.165) is 11.1 Å². The van der Waals surface area contributed by atoms with E-state index in [0.29, 0.717) is 18.9 Å². The fourth-order valence-electron chi connectivity index (χ4n) is 1.85. The SMILES string of the molecule is CNCc1cc(F)cc(OCOCc2ccccc2)c1. The van der Waals surface area contributed by atoms with Crippen LogP contribution < -0.4 is 10.1 Å². The zero-order chi connectivity index (χ0) is 14.2. The molecular weight excluding hydrogens is 257 g/mol. The zero-order valence-corrected chi connectivity index (χ0v) is 11.4. The highest BCUT2D eigenvalue weighted by atomic mass is 19.1. The van der Waals surface area contributed by atoms with Gasteiger partial charge in [0.25, 0.3) is 0 Å². The van der Waals surface area contributed by atoms with Gasteiger partial charge in [-0.15, -0.1) is 0 Å². The lowest BCUT2D eigenvalue weighted by Crippen LogP contribution is -2.07. The van der Waals surface area contributed by atoms with Crippen LogP contribution in [0, 0.1) is 5.82 Å². The summed E-state index contributed by atoms with van der Waals surface area (Å²) in [6, 6.07) is 14.5. The van der Waals surface area contributed by atoms with Gasteiger partial charge in [0.1, 0.15) is 11.6 Å². The van der Waals surface area contributed by atoms with Gasteiger partial charge in [0.05, 0.1) is 6.61 Å². The van der Waals surface area contributed by atoms with Gasteiger partial charge in [-0.3, -0.25) is 0 Å². The normalized spacial score (nSPS) is 10.5.